The van der Waals surface area contributed by atoms with Gasteiger partial charge in [-0.3, -0.25) is 9.59 Å². The number of fused-ring (bicyclic) bond motifs is 4. The van der Waals surface area contributed by atoms with E-state index >= 15 is 0 Å². The van der Waals surface area contributed by atoms with Gasteiger partial charge in [-0.2, -0.15) is 5.10 Å². The van der Waals surface area contributed by atoms with E-state index in [-0.39, 0.29) is 24.1 Å². The maximum atomic E-state index is 13.3. The van der Waals surface area contributed by atoms with Crippen LogP contribution in [0.2, 0.25) is 5.02 Å². The summed E-state index contributed by atoms with van der Waals surface area (Å²) in [6.07, 6.45) is 1.52. The van der Waals surface area contributed by atoms with Gasteiger partial charge in [0.25, 0.3) is 0 Å². The van der Waals surface area contributed by atoms with Gasteiger partial charge >= 0.3 is 0 Å². The van der Waals surface area contributed by atoms with Crippen molar-refractivity contribution in [3.63, 3.8) is 0 Å². The zero-order chi connectivity index (χ0) is 18.8. The smallest absolute Gasteiger partial charge is 0.240 e. The highest BCUT2D eigenvalue weighted by Gasteiger charge is 2.54. The van der Waals surface area contributed by atoms with Crippen molar-refractivity contribution in [1.29, 1.82) is 0 Å². The van der Waals surface area contributed by atoms with Gasteiger partial charge in [-0.15, -0.1) is 0 Å². The Labute approximate surface area is 157 Å². The van der Waals surface area contributed by atoms with Crippen LogP contribution in [0.3, 0.4) is 0 Å². The molecule has 0 saturated carbocycles. The Hall–Kier alpha value is -3.19. The van der Waals surface area contributed by atoms with Crippen LogP contribution in [0.4, 0.5) is 15.9 Å². The number of benzene rings is 2. The first kappa shape index (κ1) is 16.0. The van der Waals surface area contributed by atoms with Crippen LogP contribution in [-0.4, -0.2) is 21.6 Å². The first-order chi connectivity index (χ1) is 13.0. The van der Waals surface area contributed by atoms with Crippen molar-refractivity contribution < 1.29 is 14.0 Å². The standard InChI is InChI=1S/C19H12ClFN4O2/c20-10-1-6-15-13(7-10)19(18(27)23-15)8-16(26)24-17-14(19)9-22-25(17)12-4-2-11(21)3-5-12/h1-7,9H,8H2,(H,23,27)(H,24,26). The maximum Gasteiger partial charge on any atom is 0.240 e. The maximum absolute atomic E-state index is 13.3. The van der Waals surface area contributed by atoms with E-state index in [0.717, 1.165) is 0 Å². The number of hydrogen-bond donors (Lipinski definition) is 2. The number of carbonyl (C=O) groups is 2. The van der Waals surface area contributed by atoms with Crippen molar-refractivity contribution in [2.45, 2.75) is 11.8 Å². The predicted molar refractivity (Wildman–Crippen MR) is 97.6 cm³/mol. The Morgan fingerprint density at radius 2 is 1.85 bits per heavy atom. The molecule has 134 valence electrons. The molecule has 2 aliphatic rings. The zero-order valence-electron chi connectivity index (χ0n) is 13.8. The molecule has 1 atom stereocenters. The fourth-order valence-corrected chi connectivity index (χ4v) is 4.02. The molecule has 1 unspecified atom stereocenters. The highest BCUT2D eigenvalue weighted by Crippen LogP contribution is 2.50. The summed E-state index contributed by atoms with van der Waals surface area (Å²) >= 11 is 6.16. The Kier molecular flexibility index (Phi) is 3.21. The molecular weight excluding hydrogens is 371 g/mol. The average molecular weight is 383 g/mol. The molecule has 1 spiro atoms. The SMILES string of the molecule is O=C1CC2(C(=O)Nc3ccc(Cl)cc32)c2cnn(-c3ccc(F)cc3)c2N1. The number of rotatable bonds is 1. The molecule has 5 rings (SSSR count). The van der Waals surface area contributed by atoms with Crippen molar-refractivity contribution in [2.24, 2.45) is 0 Å². The van der Waals surface area contributed by atoms with Gasteiger partial charge in [0.2, 0.25) is 11.8 Å². The number of hydrogen-bond acceptors (Lipinski definition) is 3. The first-order valence-electron chi connectivity index (χ1n) is 8.25. The lowest BCUT2D eigenvalue weighted by Crippen LogP contribution is -2.43. The molecule has 2 aliphatic heterocycles. The molecule has 1 aromatic heterocycles. The summed E-state index contributed by atoms with van der Waals surface area (Å²) in [4.78, 5) is 25.5. The number of anilines is 2. The molecule has 2 aromatic carbocycles. The Morgan fingerprint density at radius 3 is 2.63 bits per heavy atom. The Bertz CT molecular complexity index is 1130. The van der Waals surface area contributed by atoms with Crippen molar-refractivity contribution >= 4 is 34.9 Å². The van der Waals surface area contributed by atoms with Crippen LogP contribution < -0.4 is 10.6 Å². The Morgan fingerprint density at radius 1 is 1.07 bits per heavy atom. The number of halogens is 2. The third-order valence-corrected chi connectivity index (χ3v) is 5.30. The zero-order valence-corrected chi connectivity index (χ0v) is 14.5. The van der Waals surface area contributed by atoms with E-state index < -0.39 is 5.41 Å². The van der Waals surface area contributed by atoms with Crippen molar-refractivity contribution in [2.75, 3.05) is 10.6 Å². The third-order valence-electron chi connectivity index (χ3n) is 5.06. The number of nitrogens with zero attached hydrogens (tertiary/aromatic N) is 2. The van der Waals surface area contributed by atoms with E-state index in [4.69, 9.17) is 11.6 Å². The van der Waals surface area contributed by atoms with Crippen LogP contribution in [-0.2, 0) is 15.0 Å². The minimum Gasteiger partial charge on any atom is -0.325 e. The molecule has 27 heavy (non-hydrogen) atoms. The average Bonchev–Trinajstić information content (AvgIpc) is 3.17. The summed E-state index contributed by atoms with van der Waals surface area (Å²) in [6.45, 7) is 0. The molecule has 0 aliphatic carbocycles. The molecule has 0 bridgehead atoms. The minimum absolute atomic E-state index is 0.0473. The summed E-state index contributed by atoms with van der Waals surface area (Å²) in [5.41, 5.74) is 1.22. The number of carbonyl (C=O) groups excluding carboxylic acids is 2. The molecule has 3 heterocycles. The van der Waals surface area contributed by atoms with Gasteiger partial charge in [0, 0.05) is 22.7 Å². The summed E-state index contributed by atoms with van der Waals surface area (Å²) < 4.78 is 14.7. The summed E-state index contributed by atoms with van der Waals surface area (Å²) in [5, 5.41) is 10.5. The van der Waals surface area contributed by atoms with E-state index in [1.165, 1.54) is 16.8 Å². The highest BCUT2D eigenvalue weighted by molar-refractivity contribution is 6.31. The number of aromatic nitrogens is 2. The molecule has 0 saturated heterocycles. The second-order valence-electron chi connectivity index (χ2n) is 6.57. The lowest BCUT2D eigenvalue weighted by atomic mass is 9.72. The molecular formula is C19H12ClFN4O2. The van der Waals surface area contributed by atoms with Crippen LogP contribution in [0.15, 0.2) is 48.7 Å². The van der Waals surface area contributed by atoms with E-state index in [1.807, 2.05) is 0 Å². The molecule has 2 N–H and O–H groups in total. The molecule has 2 amide bonds. The second kappa shape index (κ2) is 5.40. The lowest BCUT2D eigenvalue weighted by Gasteiger charge is -2.31. The molecule has 6 nitrogen and oxygen atoms in total. The normalized spacial score (nSPS) is 20.2. The second-order valence-corrected chi connectivity index (χ2v) is 7.01. The monoisotopic (exact) mass is 382 g/mol. The van der Waals surface area contributed by atoms with Gasteiger partial charge in [-0.25, -0.2) is 9.07 Å². The van der Waals surface area contributed by atoms with Gasteiger partial charge < -0.3 is 10.6 Å². The molecule has 3 aromatic rings. The van der Waals surface area contributed by atoms with Gasteiger partial charge in [-0.1, -0.05) is 11.6 Å². The Balaban J connectivity index is 1.76. The minimum atomic E-state index is -1.20. The van der Waals surface area contributed by atoms with Gasteiger partial charge in [0.05, 0.1) is 11.9 Å². The van der Waals surface area contributed by atoms with Crippen LogP contribution in [0.1, 0.15) is 17.5 Å². The molecule has 8 heteroatoms. The topological polar surface area (TPSA) is 76.0 Å². The summed E-state index contributed by atoms with van der Waals surface area (Å²) in [5.74, 6) is -0.594. The quantitative estimate of drug-likeness (QED) is 0.678. The van der Waals surface area contributed by atoms with E-state index in [2.05, 4.69) is 15.7 Å². The van der Waals surface area contributed by atoms with Crippen LogP contribution in [0.25, 0.3) is 5.69 Å². The molecule has 0 fully saturated rings. The third kappa shape index (κ3) is 2.15. The summed E-state index contributed by atoms with van der Waals surface area (Å²) in [7, 11) is 0. The van der Waals surface area contributed by atoms with Crippen LogP contribution in [0.5, 0.6) is 0 Å². The lowest BCUT2D eigenvalue weighted by molar-refractivity contribution is -0.125. The predicted octanol–water partition coefficient (Wildman–Crippen LogP) is 3.25. The van der Waals surface area contributed by atoms with Crippen LogP contribution >= 0.6 is 11.6 Å². The van der Waals surface area contributed by atoms with Crippen molar-refractivity contribution in [1.82, 2.24) is 9.78 Å². The fourth-order valence-electron chi connectivity index (χ4n) is 3.84. The van der Waals surface area contributed by atoms with Crippen molar-refractivity contribution in [3.8, 4) is 5.69 Å². The van der Waals surface area contributed by atoms with E-state index in [9.17, 15) is 14.0 Å². The highest BCUT2D eigenvalue weighted by atomic mass is 35.5. The van der Waals surface area contributed by atoms with Gasteiger partial charge in [0.1, 0.15) is 17.1 Å². The summed E-state index contributed by atoms with van der Waals surface area (Å²) in [6, 6.07) is 10.8. The van der Waals surface area contributed by atoms with Crippen molar-refractivity contribution in [3.05, 3.63) is 70.6 Å². The largest absolute Gasteiger partial charge is 0.325 e. The number of amides is 2. The fraction of sp³-hybridized carbons (Fsp3) is 0.105. The van der Waals surface area contributed by atoms with E-state index in [1.54, 1.807) is 36.5 Å². The van der Waals surface area contributed by atoms with Gasteiger partial charge in [0.15, 0.2) is 0 Å². The first-order valence-corrected chi connectivity index (χ1v) is 8.62. The number of nitrogens with one attached hydrogen (secondary N) is 2. The molecule has 0 radical (unpaired) electrons. The van der Waals surface area contributed by atoms with Crippen LogP contribution in [0, 0.1) is 5.82 Å². The van der Waals surface area contributed by atoms with Gasteiger partial charge in [-0.05, 0) is 48.0 Å². The van der Waals surface area contributed by atoms with E-state index in [0.29, 0.717) is 33.3 Å².